The topological polar surface area (TPSA) is 41.9 Å². The molecular formula is C24H19Cl2F5N2O2. The van der Waals surface area contributed by atoms with E-state index in [-0.39, 0.29) is 24.7 Å². The van der Waals surface area contributed by atoms with Gasteiger partial charge in [-0.15, -0.1) is 0 Å². The van der Waals surface area contributed by atoms with E-state index in [2.05, 4.69) is 5.16 Å². The fourth-order valence-corrected chi connectivity index (χ4v) is 4.91. The minimum Gasteiger partial charge on any atom is -0.374 e. The van der Waals surface area contributed by atoms with E-state index in [9.17, 15) is 22.4 Å². The summed E-state index contributed by atoms with van der Waals surface area (Å²) in [5.74, 6) is -0.677. The lowest BCUT2D eigenvalue weighted by molar-refractivity contribution is -0.275. The number of halogens is 7. The molecule has 2 fully saturated rings. The lowest BCUT2D eigenvalue weighted by atomic mass is 9.84. The lowest BCUT2D eigenvalue weighted by Crippen LogP contribution is -2.58. The molecule has 0 spiro atoms. The first-order valence-corrected chi connectivity index (χ1v) is 11.7. The van der Waals surface area contributed by atoms with Gasteiger partial charge in [0.05, 0.1) is 28.8 Å². The predicted octanol–water partition coefficient (Wildman–Crippen LogP) is 6.52. The van der Waals surface area contributed by atoms with Crippen molar-refractivity contribution in [2.75, 3.05) is 13.1 Å². The molecule has 2 heterocycles. The average Bonchev–Trinajstić information content (AvgIpc) is 3.47. The zero-order valence-electron chi connectivity index (χ0n) is 18.1. The summed E-state index contributed by atoms with van der Waals surface area (Å²) < 4.78 is 71.5. The largest absolute Gasteiger partial charge is 0.435 e. The summed E-state index contributed by atoms with van der Waals surface area (Å²) in [5, 5.41) is 2.50. The van der Waals surface area contributed by atoms with Crippen LogP contribution in [-0.2, 0) is 20.9 Å². The molecule has 1 amide bonds. The van der Waals surface area contributed by atoms with Gasteiger partial charge in [0.15, 0.2) is 11.5 Å². The zero-order chi connectivity index (χ0) is 25.2. The van der Waals surface area contributed by atoms with Gasteiger partial charge in [0.25, 0.3) is 5.60 Å². The van der Waals surface area contributed by atoms with Crippen molar-refractivity contribution in [1.82, 2.24) is 4.90 Å². The summed E-state index contributed by atoms with van der Waals surface area (Å²) in [6.45, 7) is -0.101. The molecule has 1 atom stereocenters. The van der Waals surface area contributed by atoms with E-state index in [0.29, 0.717) is 23.5 Å². The van der Waals surface area contributed by atoms with Gasteiger partial charge < -0.3 is 9.74 Å². The number of hydrogen-bond donors (Lipinski definition) is 0. The first-order chi connectivity index (χ1) is 16.4. The van der Waals surface area contributed by atoms with Crippen molar-refractivity contribution >= 4 is 34.8 Å². The molecule has 2 aromatic carbocycles. The third-order valence-electron chi connectivity index (χ3n) is 6.77. The number of carbonyl (C=O) groups excluding carboxylic acids is 1. The van der Waals surface area contributed by atoms with Crippen LogP contribution < -0.4 is 0 Å². The number of nitrogens with zero attached hydrogens (tertiary/aromatic N) is 2. The zero-order valence-corrected chi connectivity index (χ0v) is 19.7. The Labute approximate surface area is 207 Å². The molecule has 11 heteroatoms. The summed E-state index contributed by atoms with van der Waals surface area (Å²) >= 11 is 11.4. The predicted molar refractivity (Wildman–Crippen MR) is 120 cm³/mol. The monoisotopic (exact) mass is 532 g/mol. The van der Waals surface area contributed by atoms with Crippen molar-refractivity contribution in [3.05, 3.63) is 69.0 Å². The minimum atomic E-state index is -4.92. The number of likely N-dealkylation sites (tertiary alicyclic amines) is 1. The molecular weight excluding hydrogens is 514 g/mol. The van der Waals surface area contributed by atoms with Gasteiger partial charge in [-0.2, -0.15) is 13.2 Å². The average molecular weight is 533 g/mol. The number of carbonyl (C=O) groups is 1. The minimum absolute atomic E-state index is 0.0202. The Morgan fingerprint density at radius 3 is 2.23 bits per heavy atom. The quantitative estimate of drug-likeness (QED) is 0.325. The van der Waals surface area contributed by atoms with Crippen LogP contribution in [0.15, 0.2) is 41.6 Å². The Morgan fingerprint density at radius 1 is 1.09 bits per heavy atom. The molecule has 0 radical (unpaired) electrons. The van der Waals surface area contributed by atoms with E-state index in [1.807, 2.05) is 0 Å². The van der Waals surface area contributed by atoms with Gasteiger partial charge in [0.2, 0.25) is 5.91 Å². The van der Waals surface area contributed by atoms with Crippen LogP contribution in [-0.4, -0.2) is 35.8 Å². The number of hydrogen-bond acceptors (Lipinski definition) is 3. The second-order valence-corrected chi connectivity index (χ2v) is 10.1. The van der Waals surface area contributed by atoms with Crippen LogP contribution in [0.1, 0.15) is 42.4 Å². The summed E-state index contributed by atoms with van der Waals surface area (Å²) in [7, 11) is 0. The molecule has 1 unspecified atom stereocenters. The second-order valence-electron chi connectivity index (χ2n) is 9.32. The van der Waals surface area contributed by atoms with Gasteiger partial charge >= 0.3 is 6.18 Å². The maximum absolute atomic E-state index is 15.3. The van der Waals surface area contributed by atoms with Crippen molar-refractivity contribution in [1.29, 1.82) is 0 Å². The molecule has 4 nitrogen and oxygen atoms in total. The highest BCUT2D eigenvalue weighted by Gasteiger charge is 2.62. The third kappa shape index (κ3) is 4.27. The number of alkyl halides is 4. The highest BCUT2D eigenvalue weighted by atomic mass is 35.5. The van der Waals surface area contributed by atoms with Crippen LogP contribution in [0, 0.1) is 11.7 Å². The van der Waals surface area contributed by atoms with E-state index < -0.39 is 45.3 Å². The first kappa shape index (κ1) is 24.3. The molecule has 1 saturated heterocycles. The fraction of sp³-hybridized carbons (Fsp3) is 0.417. The van der Waals surface area contributed by atoms with Crippen LogP contribution in [0.3, 0.4) is 0 Å². The highest BCUT2D eigenvalue weighted by Crippen LogP contribution is 2.50. The highest BCUT2D eigenvalue weighted by molar-refractivity contribution is 6.35. The number of oxime groups is 1. The molecule has 2 aromatic rings. The molecule has 0 N–H and O–H groups in total. The van der Waals surface area contributed by atoms with Gasteiger partial charge in [0.1, 0.15) is 0 Å². The Morgan fingerprint density at radius 2 is 1.69 bits per heavy atom. The Bertz CT molecular complexity index is 1180. The van der Waals surface area contributed by atoms with Crippen molar-refractivity contribution in [2.45, 2.75) is 43.1 Å². The van der Waals surface area contributed by atoms with E-state index >= 15 is 4.39 Å². The van der Waals surface area contributed by atoms with Crippen LogP contribution >= 0.6 is 23.2 Å². The molecule has 0 bridgehead atoms. The number of benzene rings is 2. The van der Waals surface area contributed by atoms with E-state index in [0.717, 1.165) is 25.0 Å². The van der Waals surface area contributed by atoms with Crippen molar-refractivity contribution < 1.29 is 31.6 Å². The second kappa shape index (κ2) is 8.34. The lowest BCUT2D eigenvalue weighted by Gasteiger charge is -2.45. The van der Waals surface area contributed by atoms with Crippen molar-refractivity contribution in [2.24, 2.45) is 11.1 Å². The summed E-state index contributed by atoms with van der Waals surface area (Å²) in [6, 6.07) is 7.50. The molecule has 1 aliphatic carbocycles. The first-order valence-electron chi connectivity index (χ1n) is 11.0. The number of amides is 1. The third-order valence-corrected chi connectivity index (χ3v) is 7.32. The van der Waals surface area contributed by atoms with Crippen LogP contribution in [0.4, 0.5) is 22.0 Å². The SMILES string of the molecule is O=C(CC1CC1)N1CC(F)(c2ccc(C3=NOC(c4cc(Cl)c(F)c(Cl)c4)(C(F)(F)F)C3)cc2)C1. The van der Waals surface area contributed by atoms with Gasteiger partial charge in [-0.1, -0.05) is 52.6 Å². The maximum Gasteiger partial charge on any atom is 0.435 e. The standard InChI is InChI=1S/C24H19Cl2F5N2O2/c25-17-8-16(9-18(26)21(17)27)23(24(29,30)31)10-19(32-35-23)14-3-5-15(6-4-14)22(28)11-33(12-22)20(34)7-13-1-2-13/h3-6,8-9,13H,1-2,7,10-12H2. The van der Waals surface area contributed by atoms with Crippen molar-refractivity contribution in [3.63, 3.8) is 0 Å². The summed E-state index contributed by atoms with van der Waals surface area (Å²) in [5.41, 5.74) is -4.47. The van der Waals surface area contributed by atoms with Gasteiger partial charge in [-0.25, -0.2) is 8.78 Å². The Balaban J connectivity index is 1.33. The van der Waals surface area contributed by atoms with Crippen molar-refractivity contribution in [3.8, 4) is 0 Å². The normalized spacial score (nSPS) is 23.5. The Hall–Kier alpha value is -2.39. The van der Waals surface area contributed by atoms with Crippen LogP contribution in [0.5, 0.6) is 0 Å². The summed E-state index contributed by atoms with van der Waals surface area (Å²) in [4.78, 5) is 18.5. The molecule has 35 heavy (non-hydrogen) atoms. The smallest absolute Gasteiger partial charge is 0.374 e. The van der Waals surface area contributed by atoms with Gasteiger partial charge in [-0.05, 0) is 42.0 Å². The van der Waals surface area contributed by atoms with Crippen LogP contribution in [0.2, 0.25) is 10.0 Å². The molecule has 0 aromatic heterocycles. The fourth-order valence-electron chi connectivity index (χ4n) is 4.42. The molecule has 1 saturated carbocycles. The molecule has 5 rings (SSSR count). The Kier molecular flexibility index (Phi) is 5.79. The van der Waals surface area contributed by atoms with Crippen LogP contribution in [0.25, 0.3) is 0 Å². The maximum atomic E-state index is 15.3. The molecule has 186 valence electrons. The van der Waals surface area contributed by atoms with E-state index in [1.165, 1.54) is 29.2 Å². The van der Waals surface area contributed by atoms with E-state index in [1.54, 1.807) is 0 Å². The van der Waals surface area contributed by atoms with Gasteiger partial charge in [-0.3, -0.25) is 4.79 Å². The molecule has 3 aliphatic rings. The summed E-state index contributed by atoms with van der Waals surface area (Å²) in [6.07, 6.45) is -3.12. The molecule has 2 aliphatic heterocycles. The van der Waals surface area contributed by atoms with Gasteiger partial charge in [0, 0.05) is 18.4 Å². The van der Waals surface area contributed by atoms with E-state index in [4.69, 9.17) is 28.0 Å². The number of rotatable bonds is 5.